The quantitative estimate of drug-likeness (QED) is 0.731. The number of nitrogens with one attached hydrogen (secondary N) is 1. The van der Waals surface area contributed by atoms with E-state index in [0.717, 1.165) is 36.8 Å². The van der Waals surface area contributed by atoms with Crippen LogP contribution in [0.4, 0.5) is 0 Å². The van der Waals surface area contributed by atoms with Crippen LogP contribution in [0.15, 0.2) is 35.9 Å². The molecule has 1 atom stereocenters. The second-order valence-electron chi connectivity index (χ2n) is 4.97. The van der Waals surface area contributed by atoms with Crippen LogP contribution < -0.4 is 5.32 Å². The van der Waals surface area contributed by atoms with Gasteiger partial charge in [-0.05, 0) is 37.8 Å². The highest BCUT2D eigenvalue weighted by molar-refractivity contribution is 5.97. The third-order valence-corrected chi connectivity index (χ3v) is 3.22. The van der Waals surface area contributed by atoms with Crippen molar-refractivity contribution >= 4 is 12.0 Å². The number of hydrogen-bond acceptors (Lipinski definition) is 1. The first kappa shape index (κ1) is 15.5. The van der Waals surface area contributed by atoms with E-state index in [9.17, 15) is 4.79 Å². The average Bonchev–Trinajstić information content (AvgIpc) is 2.44. The summed E-state index contributed by atoms with van der Waals surface area (Å²) in [6, 6.07) is 10.3. The van der Waals surface area contributed by atoms with Crippen molar-refractivity contribution in [1.29, 1.82) is 0 Å². The van der Waals surface area contributed by atoms with Crippen molar-refractivity contribution in [1.82, 2.24) is 5.32 Å². The van der Waals surface area contributed by atoms with Gasteiger partial charge < -0.3 is 5.32 Å². The Balaban J connectivity index is 2.82. The fourth-order valence-electron chi connectivity index (χ4n) is 1.79. The van der Waals surface area contributed by atoms with Crippen LogP contribution in [0.2, 0.25) is 0 Å². The highest BCUT2D eigenvalue weighted by Crippen LogP contribution is 2.13. The van der Waals surface area contributed by atoms with Gasteiger partial charge in [-0.1, -0.05) is 50.6 Å². The van der Waals surface area contributed by atoms with Gasteiger partial charge in [0.05, 0.1) is 0 Å². The van der Waals surface area contributed by atoms with Crippen molar-refractivity contribution in [2.45, 2.75) is 52.5 Å². The van der Waals surface area contributed by atoms with E-state index in [4.69, 9.17) is 0 Å². The van der Waals surface area contributed by atoms with Gasteiger partial charge in [0.1, 0.15) is 0 Å². The SMILES string of the molecule is CCCC/C(=C\c1ccccc1)C(=O)NC(C)CC. The summed E-state index contributed by atoms with van der Waals surface area (Å²) < 4.78 is 0. The van der Waals surface area contributed by atoms with Crippen molar-refractivity contribution in [2.75, 3.05) is 0 Å². The number of amides is 1. The first-order chi connectivity index (χ1) is 9.17. The van der Waals surface area contributed by atoms with Gasteiger partial charge >= 0.3 is 0 Å². The zero-order chi connectivity index (χ0) is 14.1. The van der Waals surface area contributed by atoms with Crippen molar-refractivity contribution < 1.29 is 4.79 Å². The van der Waals surface area contributed by atoms with Gasteiger partial charge in [0.15, 0.2) is 0 Å². The Labute approximate surface area is 116 Å². The van der Waals surface area contributed by atoms with Gasteiger partial charge in [-0.15, -0.1) is 0 Å². The van der Waals surface area contributed by atoms with E-state index in [-0.39, 0.29) is 11.9 Å². The highest BCUT2D eigenvalue weighted by Gasteiger charge is 2.11. The van der Waals surface area contributed by atoms with Crippen molar-refractivity contribution in [3.8, 4) is 0 Å². The van der Waals surface area contributed by atoms with Gasteiger partial charge in [-0.25, -0.2) is 0 Å². The average molecular weight is 259 g/mol. The van der Waals surface area contributed by atoms with Crippen LogP contribution in [-0.4, -0.2) is 11.9 Å². The number of hydrogen-bond donors (Lipinski definition) is 1. The smallest absolute Gasteiger partial charge is 0.247 e. The van der Waals surface area contributed by atoms with Gasteiger partial charge in [0.25, 0.3) is 0 Å². The zero-order valence-corrected chi connectivity index (χ0v) is 12.3. The lowest BCUT2D eigenvalue weighted by atomic mass is 10.0. The van der Waals surface area contributed by atoms with Crippen LogP contribution in [0, 0.1) is 0 Å². The van der Waals surface area contributed by atoms with E-state index in [1.807, 2.05) is 43.3 Å². The first-order valence-corrected chi connectivity index (χ1v) is 7.23. The minimum absolute atomic E-state index is 0.0756. The summed E-state index contributed by atoms with van der Waals surface area (Å²) in [5.74, 6) is 0.0756. The molecule has 0 bridgehead atoms. The molecule has 1 rings (SSSR count). The molecule has 0 fully saturated rings. The largest absolute Gasteiger partial charge is 0.350 e. The Morgan fingerprint density at radius 3 is 2.53 bits per heavy atom. The van der Waals surface area contributed by atoms with Crippen LogP contribution in [0.5, 0.6) is 0 Å². The summed E-state index contributed by atoms with van der Waals surface area (Å²) in [6.07, 6.45) is 5.95. The Kier molecular flexibility index (Phi) is 6.94. The van der Waals surface area contributed by atoms with Gasteiger partial charge in [-0.2, -0.15) is 0 Å². The topological polar surface area (TPSA) is 29.1 Å². The summed E-state index contributed by atoms with van der Waals surface area (Å²) in [5.41, 5.74) is 1.97. The van der Waals surface area contributed by atoms with Gasteiger partial charge in [0.2, 0.25) is 5.91 Å². The third kappa shape index (κ3) is 5.73. The minimum Gasteiger partial charge on any atom is -0.350 e. The zero-order valence-electron chi connectivity index (χ0n) is 12.3. The van der Waals surface area contributed by atoms with E-state index < -0.39 is 0 Å². The summed E-state index contributed by atoms with van der Waals surface area (Å²) in [4.78, 5) is 12.2. The van der Waals surface area contributed by atoms with E-state index in [0.29, 0.717) is 0 Å². The fraction of sp³-hybridized carbons (Fsp3) is 0.471. The van der Waals surface area contributed by atoms with Gasteiger partial charge in [-0.3, -0.25) is 4.79 Å². The highest BCUT2D eigenvalue weighted by atomic mass is 16.1. The lowest BCUT2D eigenvalue weighted by molar-refractivity contribution is -0.118. The third-order valence-electron chi connectivity index (χ3n) is 3.22. The number of carbonyl (C=O) groups is 1. The molecule has 0 aliphatic heterocycles. The summed E-state index contributed by atoms with van der Waals surface area (Å²) in [7, 11) is 0. The van der Waals surface area contributed by atoms with E-state index in [1.165, 1.54) is 0 Å². The molecule has 0 aromatic heterocycles. The van der Waals surface area contributed by atoms with Crippen LogP contribution in [0.1, 0.15) is 52.0 Å². The molecular weight excluding hydrogens is 234 g/mol. The molecule has 2 nitrogen and oxygen atoms in total. The lowest BCUT2D eigenvalue weighted by Gasteiger charge is -2.13. The summed E-state index contributed by atoms with van der Waals surface area (Å²) in [6.45, 7) is 6.27. The molecule has 1 amide bonds. The summed E-state index contributed by atoms with van der Waals surface area (Å²) in [5, 5.41) is 3.05. The fourth-order valence-corrected chi connectivity index (χ4v) is 1.79. The molecule has 1 aromatic rings. The molecule has 0 saturated heterocycles. The molecule has 1 N–H and O–H groups in total. The molecule has 0 aliphatic carbocycles. The molecular formula is C17H25NO. The van der Waals surface area contributed by atoms with Crippen molar-refractivity contribution in [2.24, 2.45) is 0 Å². The lowest BCUT2D eigenvalue weighted by Crippen LogP contribution is -2.33. The maximum Gasteiger partial charge on any atom is 0.247 e. The number of benzene rings is 1. The monoisotopic (exact) mass is 259 g/mol. The summed E-state index contributed by atoms with van der Waals surface area (Å²) >= 11 is 0. The Morgan fingerprint density at radius 2 is 1.95 bits per heavy atom. The maximum atomic E-state index is 12.2. The minimum atomic E-state index is 0.0756. The molecule has 2 heteroatoms. The van der Waals surface area contributed by atoms with Crippen LogP contribution >= 0.6 is 0 Å². The number of unbranched alkanes of at least 4 members (excludes halogenated alkanes) is 1. The first-order valence-electron chi connectivity index (χ1n) is 7.23. The number of rotatable bonds is 7. The van der Waals surface area contributed by atoms with Crippen LogP contribution in [-0.2, 0) is 4.79 Å². The van der Waals surface area contributed by atoms with Gasteiger partial charge in [0, 0.05) is 11.6 Å². The molecule has 1 aromatic carbocycles. The molecule has 0 spiro atoms. The van der Waals surface area contributed by atoms with E-state index in [1.54, 1.807) is 0 Å². The predicted octanol–water partition coefficient (Wildman–Crippen LogP) is 4.17. The molecule has 0 aliphatic rings. The Hall–Kier alpha value is -1.57. The van der Waals surface area contributed by atoms with Crippen LogP contribution in [0.3, 0.4) is 0 Å². The Morgan fingerprint density at radius 1 is 1.26 bits per heavy atom. The van der Waals surface area contributed by atoms with Crippen molar-refractivity contribution in [3.63, 3.8) is 0 Å². The Bertz CT molecular complexity index is 409. The molecule has 1 unspecified atom stereocenters. The maximum absolute atomic E-state index is 12.2. The van der Waals surface area contributed by atoms with E-state index in [2.05, 4.69) is 19.2 Å². The standard InChI is InChI=1S/C17H25NO/c1-4-6-12-16(17(19)18-14(3)5-2)13-15-10-8-7-9-11-15/h7-11,13-14H,4-6,12H2,1-3H3,(H,18,19)/b16-13+. The van der Waals surface area contributed by atoms with E-state index >= 15 is 0 Å². The molecule has 19 heavy (non-hydrogen) atoms. The predicted molar refractivity (Wildman–Crippen MR) is 81.8 cm³/mol. The second-order valence-corrected chi connectivity index (χ2v) is 4.97. The normalized spacial score (nSPS) is 13.1. The second kappa shape index (κ2) is 8.52. The number of carbonyl (C=O) groups excluding carboxylic acids is 1. The molecule has 0 saturated carbocycles. The molecule has 0 heterocycles. The molecule has 104 valence electrons. The van der Waals surface area contributed by atoms with Crippen LogP contribution in [0.25, 0.3) is 6.08 Å². The molecule has 0 radical (unpaired) electrons. The van der Waals surface area contributed by atoms with Crippen molar-refractivity contribution in [3.05, 3.63) is 41.5 Å².